The second-order valence-electron chi connectivity index (χ2n) is 3.45. The molecule has 0 bridgehead atoms. The number of nitrogens with one attached hydrogen (secondary N) is 1. The van der Waals surface area contributed by atoms with E-state index >= 15 is 0 Å². The second-order valence-corrected chi connectivity index (χ2v) is 3.45. The minimum Gasteiger partial charge on any atom is -0.317 e. The molecule has 2 nitrogen and oxygen atoms in total. The average Bonchev–Trinajstić information content (AvgIpc) is 2.26. The third-order valence-corrected chi connectivity index (χ3v) is 2.51. The molecule has 0 amide bonds. The highest BCUT2D eigenvalue weighted by molar-refractivity contribution is 5.99. The lowest BCUT2D eigenvalue weighted by Crippen LogP contribution is -2.32. The number of hydrogen-bond donors (Lipinski definition) is 1. The average molecular weight is 191 g/mol. The number of allylic oxidation sites excluding steroid dienone is 4. The van der Waals surface area contributed by atoms with Crippen molar-refractivity contribution in [1.82, 2.24) is 5.32 Å². The summed E-state index contributed by atoms with van der Waals surface area (Å²) in [5.41, 5.74) is 0.687. The van der Waals surface area contributed by atoms with Crippen LogP contribution in [0.15, 0.2) is 37.0 Å². The summed E-state index contributed by atoms with van der Waals surface area (Å²) in [6.07, 6.45) is 6.85. The predicted octanol–water partition coefficient (Wildman–Crippen LogP) is 1.85. The fourth-order valence-corrected chi connectivity index (χ4v) is 1.70. The molecule has 0 aromatic rings. The van der Waals surface area contributed by atoms with Crippen LogP contribution in [0.1, 0.15) is 12.8 Å². The first-order valence-electron chi connectivity index (χ1n) is 4.99. The molecule has 1 rings (SSSR count). The van der Waals surface area contributed by atoms with E-state index in [1.54, 1.807) is 18.2 Å². The standard InChI is InChI=1S/C12H17NO/c1-3-5-10(4-2)12(14)11-6-8-13-9-7-11/h3-5,11,13H,1-2,6-9H2/b10-5+. The monoisotopic (exact) mass is 191 g/mol. The molecule has 0 spiro atoms. The molecule has 0 radical (unpaired) electrons. The summed E-state index contributed by atoms with van der Waals surface area (Å²) in [4.78, 5) is 11.9. The van der Waals surface area contributed by atoms with E-state index in [0.29, 0.717) is 5.57 Å². The smallest absolute Gasteiger partial charge is 0.166 e. The number of piperidine rings is 1. The van der Waals surface area contributed by atoms with Gasteiger partial charge in [0.25, 0.3) is 0 Å². The second kappa shape index (κ2) is 5.55. The Bertz CT molecular complexity index is 259. The predicted molar refractivity (Wildman–Crippen MR) is 59.1 cm³/mol. The van der Waals surface area contributed by atoms with E-state index in [1.807, 2.05) is 0 Å². The summed E-state index contributed by atoms with van der Waals surface area (Å²) in [7, 11) is 0. The third-order valence-electron chi connectivity index (χ3n) is 2.51. The molecular formula is C12H17NO. The highest BCUT2D eigenvalue weighted by Crippen LogP contribution is 2.17. The molecule has 1 fully saturated rings. The van der Waals surface area contributed by atoms with E-state index in [2.05, 4.69) is 18.5 Å². The van der Waals surface area contributed by atoms with Gasteiger partial charge in [-0.05, 0) is 25.9 Å². The molecule has 0 saturated carbocycles. The van der Waals surface area contributed by atoms with Crippen molar-refractivity contribution >= 4 is 5.78 Å². The molecule has 14 heavy (non-hydrogen) atoms. The topological polar surface area (TPSA) is 29.1 Å². The third kappa shape index (κ3) is 2.67. The van der Waals surface area contributed by atoms with E-state index in [4.69, 9.17) is 0 Å². The Labute approximate surface area is 85.4 Å². The first-order valence-corrected chi connectivity index (χ1v) is 4.99. The molecule has 0 atom stereocenters. The van der Waals surface area contributed by atoms with Gasteiger partial charge in [-0.15, -0.1) is 0 Å². The van der Waals surface area contributed by atoms with Gasteiger partial charge in [0.1, 0.15) is 0 Å². The highest BCUT2D eigenvalue weighted by Gasteiger charge is 2.21. The van der Waals surface area contributed by atoms with Gasteiger partial charge in [-0.2, -0.15) is 0 Å². The molecule has 0 aromatic heterocycles. The van der Waals surface area contributed by atoms with Crippen molar-refractivity contribution in [2.24, 2.45) is 5.92 Å². The molecule has 2 heteroatoms. The quantitative estimate of drug-likeness (QED) is 0.543. The van der Waals surface area contributed by atoms with E-state index in [0.717, 1.165) is 25.9 Å². The SMILES string of the molecule is C=C/C=C(\C=C)C(=O)C1CCNCC1. The molecule has 1 heterocycles. The molecule has 1 aliphatic rings. The van der Waals surface area contributed by atoms with E-state index < -0.39 is 0 Å². The van der Waals surface area contributed by atoms with Crippen molar-refractivity contribution in [2.75, 3.05) is 13.1 Å². The zero-order valence-corrected chi connectivity index (χ0v) is 8.46. The summed E-state index contributed by atoms with van der Waals surface area (Å²) in [6, 6.07) is 0. The Kier molecular flexibility index (Phi) is 4.33. The molecule has 0 unspecified atom stereocenters. The summed E-state index contributed by atoms with van der Waals surface area (Å²) in [6.45, 7) is 9.11. The van der Waals surface area contributed by atoms with Gasteiger partial charge in [0.05, 0.1) is 0 Å². The summed E-state index contributed by atoms with van der Waals surface area (Å²) >= 11 is 0. The van der Waals surface area contributed by atoms with Gasteiger partial charge in [0.2, 0.25) is 0 Å². The van der Waals surface area contributed by atoms with E-state index in [9.17, 15) is 4.79 Å². The molecule has 1 saturated heterocycles. The van der Waals surface area contributed by atoms with Crippen molar-refractivity contribution in [2.45, 2.75) is 12.8 Å². The molecule has 1 N–H and O–H groups in total. The van der Waals surface area contributed by atoms with Crippen molar-refractivity contribution in [3.8, 4) is 0 Å². The van der Waals surface area contributed by atoms with Gasteiger partial charge in [-0.3, -0.25) is 4.79 Å². The van der Waals surface area contributed by atoms with Crippen LogP contribution in [0.25, 0.3) is 0 Å². The molecule has 1 aliphatic heterocycles. The van der Waals surface area contributed by atoms with Crippen LogP contribution in [0.3, 0.4) is 0 Å². The lowest BCUT2D eigenvalue weighted by atomic mass is 9.89. The van der Waals surface area contributed by atoms with Gasteiger partial charge in [-0.25, -0.2) is 0 Å². The molecule has 0 aliphatic carbocycles. The Morgan fingerprint density at radius 2 is 1.93 bits per heavy atom. The normalized spacial score (nSPS) is 19.0. The van der Waals surface area contributed by atoms with Crippen LogP contribution in [0.5, 0.6) is 0 Å². The lowest BCUT2D eigenvalue weighted by Gasteiger charge is -2.21. The maximum absolute atomic E-state index is 11.9. The molecule has 76 valence electrons. The van der Waals surface area contributed by atoms with Gasteiger partial charge in [0.15, 0.2) is 5.78 Å². The molecule has 0 aromatic carbocycles. The van der Waals surface area contributed by atoms with Gasteiger partial charge in [0, 0.05) is 11.5 Å². The number of ketones is 1. The van der Waals surface area contributed by atoms with Crippen molar-refractivity contribution in [3.05, 3.63) is 37.0 Å². The zero-order valence-electron chi connectivity index (χ0n) is 8.46. The van der Waals surface area contributed by atoms with Gasteiger partial charge in [-0.1, -0.05) is 31.4 Å². The van der Waals surface area contributed by atoms with Crippen LogP contribution in [0.2, 0.25) is 0 Å². The van der Waals surface area contributed by atoms with Gasteiger partial charge >= 0.3 is 0 Å². The maximum atomic E-state index is 11.9. The van der Waals surface area contributed by atoms with Gasteiger partial charge < -0.3 is 5.32 Å². The Morgan fingerprint density at radius 3 is 2.43 bits per heavy atom. The van der Waals surface area contributed by atoms with Crippen LogP contribution in [-0.4, -0.2) is 18.9 Å². The van der Waals surface area contributed by atoms with Crippen LogP contribution in [-0.2, 0) is 4.79 Å². The minimum absolute atomic E-state index is 0.167. The number of rotatable bonds is 4. The summed E-state index contributed by atoms with van der Waals surface area (Å²) < 4.78 is 0. The summed E-state index contributed by atoms with van der Waals surface area (Å²) in [5.74, 6) is 0.377. The zero-order chi connectivity index (χ0) is 10.4. The Balaban J connectivity index is 2.65. The molecular weight excluding hydrogens is 174 g/mol. The van der Waals surface area contributed by atoms with Crippen LogP contribution >= 0.6 is 0 Å². The fourth-order valence-electron chi connectivity index (χ4n) is 1.70. The largest absolute Gasteiger partial charge is 0.317 e. The minimum atomic E-state index is 0.167. The number of carbonyl (C=O) groups is 1. The first-order chi connectivity index (χ1) is 6.79. The maximum Gasteiger partial charge on any atom is 0.166 e. The van der Waals surface area contributed by atoms with Crippen LogP contribution < -0.4 is 5.32 Å². The summed E-state index contributed by atoms with van der Waals surface area (Å²) in [5, 5.41) is 3.24. The number of carbonyl (C=O) groups excluding carboxylic acids is 1. The van der Waals surface area contributed by atoms with Crippen molar-refractivity contribution in [1.29, 1.82) is 0 Å². The number of hydrogen-bond acceptors (Lipinski definition) is 2. The van der Waals surface area contributed by atoms with Crippen molar-refractivity contribution < 1.29 is 4.79 Å². The van der Waals surface area contributed by atoms with E-state index in [1.165, 1.54) is 0 Å². The fraction of sp³-hybridized carbons (Fsp3) is 0.417. The number of Topliss-reactive ketones (excluding diaryl/α,β-unsaturated/α-hetero) is 1. The Morgan fingerprint density at radius 1 is 1.29 bits per heavy atom. The van der Waals surface area contributed by atoms with Crippen LogP contribution in [0, 0.1) is 5.92 Å². The first kappa shape index (κ1) is 10.9. The highest BCUT2D eigenvalue weighted by atomic mass is 16.1. The Hall–Kier alpha value is -1.15. The van der Waals surface area contributed by atoms with Crippen LogP contribution in [0.4, 0.5) is 0 Å². The van der Waals surface area contributed by atoms with E-state index in [-0.39, 0.29) is 11.7 Å². The van der Waals surface area contributed by atoms with Crippen molar-refractivity contribution in [3.63, 3.8) is 0 Å². The lowest BCUT2D eigenvalue weighted by molar-refractivity contribution is -0.119.